The first-order chi connectivity index (χ1) is 16.8. The molecule has 2 rings (SSSR count). The summed E-state index contributed by atoms with van der Waals surface area (Å²) < 4.78 is 10.6. The Morgan fingerprint density at radius 1 is 1.08 bits per heavy atom. The number of ether oxygens (including phenoxy) is 2. The van der Waals surface area contributed by atoms with E-state index in [4.69, 9.17) is 9.47 Å². The molecular formula is C26H35N3O7. The molecule has 196 valence electrons. The van der Waals surface area contributed by atoms with Crippen LogP contribution < -0.4 is 4.74 Å². The number of nitro groups is 1. The van der Waals surface area contributed by atoms with E-state index in [0.29, 0.717) is 26.2 Å². The summed E-state index contributed by atoms with van der Waals surface area (Å²) in [5, 5.41) is 21.1. The van der Waals surface area contributed by atoms with Gasteiger partial charge in [0.25, 0.3) is 0 Å². The summed E-state index contributed by atoms with van der Waals surface area (Å²) in [7, 11) is 3.25. The van der Waals surface area contributed by atoms with E-state index in [9.17, 15) is 24.8 Å². The molecule has 0 heterocycles. The number of aryl methyl sites for hydroxylation is 1. The quantitative estimate of drug-likeness (QED) is 0.270. The summed E-state index contributed by atoms with van der Waals surface area (Å²) in [6.07, 6.45) is -0.330. The van der Waals surface area contributed by atoms with Crippen LogP contribution in [0.25, 0.3) is 0 Å². The number of hydrogen-bond donors (Lipinski definition) is 1. The molecule has 0 saturated heterocycles. The number of methoxy groups -OCH3 is 1. The highest BCUT2D eigenvalue weighted by molar-refractivity contribution is 5.97. The van der Waals surface area contributed by atoms with Gasteiger partial charge >= 0.3 is 11.8 Å². The first kappa shape index (κ1) is 28.6. The zero-order valence-electron chi connectivity index (χ0n) is 21.7. The lowest BCUT2D eigenvalue weighted by molar-refractivity contribution is -0.385. The molecule has 0 aliphatic rings. The van der Waals surface area contributed by atoms with Gasteiger partial charge in [-0.1, -0.05) is 12.1 Å². The van der Waals surface area contributed by atoms with Crippen LogP contribution >= 0.6 is 0 Å². The number of likely N-dealkylation sites (N-methyl/N-ethyl adjacent to an activating group) is 1. The van der Waals surface area contributed by atoms with Gasteiger partial charge in [0.05, 0.1) is 12.0 Å². The maximum absolute atomic E-state index is 12.9. The fraction of sp³-hybridized carbons (Fsp3) is 0.462. The van der Waals surface area contributed by atoms with Crippen LogP contribution in [-0.2, 0) is 11.3 Å². The Labute approximate surface area is 211 Å². The number of benzene rings is 2. The van der Waals surface area contributed by atoms with Crippen molar-refractivity contribution in [3.05, 3.63) is 63.2 Å². The van der Waals surface area contributed by atoms with Gasteiger partial charge < -0.3 is 19.5 Å². The molecule has 2 aromatic carbocycles. The molecule has 0 atom stereocenters. The molecule has 0 aliphatic carbocycles. The number of aromatic hydroxyl groups is 1. The van der Waals surface area contributed by atoms with Crippen LogP contribution in [0.15, 0.2) is 36.4 Å². The van der Waals surface area contributed by atoms with Crippen molar-refractivity contribution in [3.8, 4) is 11.5 Å². The van der Waals surface area contributed by atoms with E-state index < -0.39 is 28.1 Å². The van der Waals surface area contributed by atoms with E-state index in [1.54, 1.807) is 34.9 Å². The van der Waals surface area contributed by atoms with Gasteiger partial charge in [-0.05, 0) is 57.0 Å². The molecule has 0 aliphatic heterocycles. The highest BCUT2D eigenvalue weighted by Crippen LogP contribution is 2.31. The number of phenolic OH excluding ortho intramolecular Hbond substituents is 1. The second-order valence-corrected chi connectivity index (χ2v) is 9.62. The number of carbonyl (C=O) groups is 2. The first-order valence-electron chi connectivity index (χ1n) is 11.6. The number of rotatable bonds is 11. The van der Waals surface area contributed by atoms with Crippen LogP contribution in [-0.4, -0.2) is 71.1 Å². The van der Waals surface area contributed by atoms with Gasteiger partial charge in [0.2, 0.25) is 0 Å². The van der Waals surface area contributed by atoms with Crippen LogP contribution in [0.4, 0.5) is 10.5 Å². The SMILES string of the molecule is COc1ccc(CN(CCC(=O)c2cc(C)c(O)c([N+](=O)[O-])c2)CCN(C)C(=O)OC(C)(C)C)cc1. The van der Waals surface area contributed by atoms with E-state index >= 15 is 0 Å². The summed E-state index contributed by atoms with van der Waals surface area (Å²) in [5.74, 6) is 0.0127. The molecule has 0 aromatic heterocycles. The Morgan fingerprint density at radius 3 is 2.28 bits per heavy atom. The van der Waals surface area contributed by atoms with Gasteiger partial charge in [-0.25, -0.2) is 4.79 Å². The van der Waals surface area contributed by atoms with Gasteiger partial charge in [-0.3, -0.25) is 19.8 Å². The molecule has 0 saturated carbocycles. The maximum Gasteiger partial charge on any atom is 0.410 e. The van der Waals surface area contributed by atoms with Crippen molar-refractivity contribution in [2.45, 2.75) is 46.3 Å². The van der Waals surface area contributed by atoms with Crippen LogP contribution in [0.2, 0.25) is 0 Å². The number of amides is 1. The monoisotopic (exact) mass is 501 g/mol. The number of nitro benzene ring substituents is 1. The number of carbonyl (C=O) groups excluding carboxylic acids is 2. The smallest absolute Gasteiger partial charge is 0.410 e. The zero-order valence-corrected chi connectivity index (χ0v) is 21.7. The van der Waals surface area contributed by atoms with Crippen molar-refractivity contribution in [2.24, 2.45) is 0 Å². The third-order valence-electron chi connectivity index (χ3n) is 5.48. The average Bonchev–Trinajstić information content (AvgIpc) is 2.81. The van der Waals surface area contributed by atoms with E-state index in [2.05, 4.69) is 0 Å². The lowest BCUT2D eigenvalue weighted by Gasteiger charge is -2.28. The van der Waals surface area contributed by atoms with Crippen LogP contribution in [0.5, 0.6) is 11.5 Å². The largest absolute Gasteiger partial charge is 0.502 e. The third-order valence-corrected chi connectivity index (χ3v) is 5.48. The normalized spacial score (nSPS) is 11.3. The van der Waals surface area contributed by atoms with Gasteiger partial charge in [-0.15, -0.1) is 0 Å². The van der Waals surface area contributed by atoms with Crippen LogP contribution in [0.1, 0.15) is 48.7 Å². The van der Waals surface area contributed by atoms with E-state index in [-0.39, 0.29) is 23.3 Å². The predicted molar refractivity (Wildman–Crippen MR) is 136 cm³/mol. The zero-order chi connectivity index (χ0) is 27.0. The lowest BCUT2D eigenvalue weighted by Crippen LogP contribution is -2.39. The summed E-state index contributed by atoms with van der Waals surface area (Å²) in [6.45, 7) is 8.66. The fourth-order valence-electron chi connectivity index (χ4n) is 3.45. The van der Waals surface area contributed by atoms with E-state index in [1.165, 1.54) is 17.9 Å². The number of ketones is 1. The third kappa shape index (κ3) is 8.53. The van der Waals surface area contributed by atoms with Gasteiger partial charge in [0.1, 0.15) is 11.4 Å². The number of phenols is 1. The highest BCUT2D eigenvalue weighted by atomic mass is 16.6. The molecular weight excluding hydrogens is 466 g/mol. The predicted octanol–water partition coefficient (Wildman–Crippen LogP) is 4.56. The van der Waals surface area contributed by atoms with Gasteiger partial charge in [0.15, 0.2) is 11.5 Å². The molecule has 0 radical (unpaired) electrons. The minimum atomic E-state index is -0.707. The van der Waals surface area contributed by atoms with Gasteiger partial charge in [-0.2, -0.15) is 0 Å². The van der Waals surface area contributed by atoms with Crippen molar-refractivity contribution >= 4 is 17.6 Å². The van der Waals surface area contributed by atoms with Crippen LogP contribution in [0.3, 0.4) is 0 Å². The Hall–Kier alpha value is -3.66. The molecule has 1 N–H and O–H groups in total. The van der Waals surface area contributed by atoms with Crippen molar-refractivity contribution < 1.29 is 29.1 Å². The minimum absolute atomic E-state index is 0.105. The lowest BCUT2D eigenvalue weighted by atomic mass is 10.0. The van der Waals surface area contributed by atoms with E-state index in [0.717, 1.165) is 17.4 Å². The Kier molecular flexibility index (Phi) is 9.80. The Balaban J connectivity index is 2.13. The topological polar surface area (TPSA) is 122 Å². The second kappa shape index (κ2) is 12.3. The van der Waals surface area contributed by atoms with Crippen molar-refractivity contribution in [1.82, 2.24) is 9.80 Å². The second-order valence-electron chi connectivity index (χ2n) is 9.62. The molecule has 0 spiro atoms. The molecule has 0 unspecified atom stereocenters. The summed E-state index contributed by atoms with van der Waals surface area (Å²) in [5.41, 5.74) is 0.339. The van der Waals surface area contributed by atoms with Gasteiger partial charge in [0, 0.05) is 51.3 Å². The minimum Gasteiger partial charge on any atom is -0.502 e. The summed E-state index contributed by atoms with van der Waals surface area (Å²) in [4.78, 5) is 39.3. The molecule has 0 bridgehead atoms. The number of Topliss-reactive ketones (excluding diaryl/α,β-unsaturated/α-hetero) is 1. The number of nitrogens with zero attached hydrogens (tertiary/aromatic N) is 3. The summed E-state index contributed by atoms with van der Waals surface area (Å²) in [6, 6.07) is 10.1. The molecule has 36 heavy (non-hydrogen) atoms. The molecule has 10 nitrogen and oxygen atoms in total. The molecule has 2 aromatic rings. The summed E-state index contributed by atoms with van der Waals surface area (Å²) >= 11 is 0. The number of hydrogen-bond acceptors (Lipinski definition) is 8. The average molecular weight is 502 g/mol. The van der Waals surface area contributed by atoms with Crippen molar-refractivity contribution in [2.75, 3.05) is 33.8 Å². The van der Waals surface area contributed by atoms with Crippen molar-refractivity contribution in [1.29, 1.82) is 0 Å². The standard InChI is InChI=1S/C26H35N3O7/c1-18-15-20(16-22(24(18)31)29(33)34)23(30)11-12-28(17-19-7-9-21(35-6)10-8-19)14-13-27(5)25(32)36-26(2,3)4/h7-10,15-16,31H,11-14,17H2,1-6H3. The Morgan fingerprint density at radius 2 is 1.72 bits per heavy atom. The first-order valence-corrected chi connectivity index (χ1v) is 11.6. The van der Waals surface area contributed by atoms with Crippen LogP contribution in [0, 0.1) is 17.0 Å². The van der Waals surface area contributed by atoms with E-state index in [1.807, 2.05) is 29.2 Å². The molecule has 1 amide bonds. The Bertz CT molecular complexity index is 1080. The molecule has 10 heteroatoms. The maximum atomic E-state index is 12.9. The fourth-order valence-corrected chi connectivity index (χ4v) is 3.45. The van der Waals surface area contributed by atoms with Crippen molar-refractivity contribution in [3.63, 3.8) is 0 Å². The highest BCUT2D eigenvalue weighted by Gasteiger charge is 2.22. The molecule has 0 fully saturated rings.